The first kappa shape index (κ1) is 27.8. The number of nitrogens with zero attached hydrogens (tertiary/aromatic N) is 2. The molecule has 39 heavy (non-hydrogen) atoms. The highest BCUT2D eigenvalue weighted by Crippen LogP contribution is 2.39. The van der Waals surface area contributed by atoms with Crippen LogP contribution in [-0.4, -0.2) is 29.6 Å². The lowest BCUT2D eigenvalue weighted by atomic mass is 9.92. The van der Waals surface area contributed by atoms with Crippen LogP contribution in [0.2, 0.25) is 0 Å². The maximum absolute atomic E-state index is 15.8. The fraction of sp³-hybridized carbons (Fsp3) is 0.344. The van der Waals surface area contributed by atoms with Crippen molar-refractivity contribution in [3.8, 4) is 17.2 Å². The third kappa shape index (κ3) is 6.83. The van der Waals surface area contributed by atoms with Gasteiger partial charge in [0.2, 0.25) is 5.91 Å². The maximum atomic E-state index is 15.8. The van der Waals surface area contributed by atoms with E-state index in [9.17, 15) is 14.7 Å². The molecule has 6 nitrogen and oxygen atoms in total. The van der Waals surface area contributed by atoms with Gasteiger partial charge in [-0.05, 0) is 60.2 Å². The van der Waals surface area contributed by atoms with Gasteiger partial charge in [-0.15, -0.1) is 0 Å². The summed E-state index contributed by atoms with van der Waals surface area (Å²) in [4.78, 5) is 27.4. The average Bonchev–Trinajstić information content (AvgIpc) is 2.93. The molecule has 0 heterocycles. The molecule has 1 saturated carbocycles. The highest BCUT2D eigenvalue weighted by molar-refractivity contribution is 5.99. The highest BCUT2D eigenvalue weighted by Gasteiger charge is 2.27. The van der Waals surface area contributed by atoms with E-state index in [1.165, 1.54) is 18.6 Å². The van der Waals surface area contributed by atoms with Crippen molar-refractivity contribution in [3.63, 3.8) is 0 Å². The van der Waals surface area contributed by atoms with Crippen molar-refractivity contribution in [1.29, 1.82) is 5.26 Å². The van der Waals surface area contributed by atoms with Gasteiger partial charge in [0.1, 0.15) is 5.82 Å². The largest absolute Gasteiger partial charge is 0.478 e. The fourth-order valence-corrected chi connectivity index (χ4v) is 5.32. The van der Waals surface area contributed by atoms with Gasteiger partial charge in [0.15, 0.2) is 0 Å². The third-order valence-corrected chi connectivity index (χ3v) is 7.14. The van der Waals surface area contributed by atoms with Crippen molar-refractivity contribution in [2.24, 2.45) is 5.92 Å². The number of carbonyl (C=O) groups excluding carboxylic acids is 1. The molecule has 1 aliphatic rings. The fourth-order valence-electron chi connectivity index (χ4n) is 5.32. The van der Waals surface area contributed by atoms with Crippen LogP contribution in [0.15, 0.2) is 60.7 Å². The first-order valence-electron chi connectivity index (χ1n) is 13.5. The second kappa shape index (κ2) is 12.6. The molecule has 1 aliphatic carbocycles. The van der Waals surface area contributed by atoms with Crippen molar-refractivity contribution in [1.82, 2.24) is 0 Å². The number of halogens is 1. The first-order chi connectivity index (χ1) is 18.8. The number of rotatable bonds is 9. The van der Waals surface area contributed by atoms with Gasteiger partial charge in [-0.3, -0.25) is 4.79 Å². The lowest BCUT2D eigenvalue weighted by Crippen LogP contribution is -2.40. The van der Waals surface area contributed by atoms with Crippen molar-refractivity contribution >= 4 is 23.3 Å². The number of carboxylic acid groups (broad SMARTS) is 1. The van der Waals surface area contributed by atoms with E-state index < -0.39 is 11.8 Å². The number of carboxylic acids is 1. The first-order valence-corrected chi connectivity index (χ1v) is 13.5. The van der Waals surface area contributed by atoms with E-state index in [0.717, 1.165) is 31.2 Å². The topological polar surface area (TPSA) is 93.4 Å². The SMILES string of the molecule is CC(C)CN(c1cc(F)c(-c2ccccc2C(=O)O)cc1NC(=O)Cc1ccc(C#N)cc1)C1CCCCC1. The Morgan fingerprint density at radius 1 is 1.05 bits per heavy atom. The molecule has 7 heteroatoms. The molecule has 4 rings (SSSR count). The summed E-state index contributed by atoms with van der Waals surface area (Å²) in [5.41, 5.74) is 2.69. The van der Waals surface area contributed by atoms with E-state index in [1.807, 2.05) is 0 Å². The quantitative estimate of drug-likeness (QED) is 0.311. The molecule has 0 bridgehead atoms. The van der Waals surface area contributed by atoms with Crippen LogP contribution in [0.4, 0.5) is 15.8 Å². The zero-order valence-corrected chi connectivity index (χ0v) is 22.4. The number of amides is 1. The number of benzene rings is 3. The van der Waals surface area contributed by atoms with Crippen LogP contribution in [0.5, 0.6) is 0 Å². The van der Waals surface area contributed by atoms with Crippen LogP contribution in [-0.2, 0) is 11.2 Å². The number of hydrogen-bond acceptors (Lipinski definition) is 4. The number of nitrogens with one attached hydrogen (secondary N) is 1. The Morgan fingerprint density at radius 2 is 1.74 bits per heavy atom. The summed E-state index contributed by atoms with van der Waals surface area (Å²) in [5.74, 6) is -1.65. The molecule has 3 aromatic rings. The third-order valence-electron chi connectivity index (χ3n) is 7.14. The van der Waals surface area contributed by atoms with Crippen LogP contribution in [0.3, 0.4) is 0 Å². The van der Waals surface area contributed by atoms with E-state index in [1.54, 1.807) is 48.5 Å². The standard InChI is InChI=1S/C32H34FN3O3/c1-21(2)20-36(24-8-4-3-5-9-24)30-18-28(33)27(25-10-6-7-11-26(25)32(38)39)17-29(30)35-31(37)16-22-12-14-23(19-34)15-13-22/h6-7,10-15,17-18,21,24H,3-5,8-9,16,20H2,1-2H3,(H,35,37)(H,38,39). The Hall–Kier alpha value is -4.18. The Bertz CT molecular complexity index is 1370. The molecule has 2 N–H and O–H groups in total. The van der Waals surface area contributed by atoms with Crippen LogP contribution in [0, 0.1) is 23.1 Å². The maximum Gasteiger partial charge on any atom is 0.336 e. The van der Waals surface area contributed by atoms with Gasteiger partial charge >= 0.3 is 5.97 Å². The molecule has 0 unspecified atom stereocenters. The molecule has 1 fully saturated rings. The summed E-state index contributed by atoms with van der Waals surface area (Å²) in [6.07, 6.45) is 5.46. The highest BCUT2D eigenvalue weighted by atomic mass is 19.1. The zero-order valence-electron chi connectivity index (χ0n) is 22.4. The second-order valence-electron chi connectivity index (χ2n) is 10.6. The monoisotopic (exact) mass is 527 g/mol. The number of carbonyl (C=O) groups is 2. The summed E-state index contributed by atoms with van der Waals surface area (Å²) in [6.45, 7) is 4.94. The van der Waals surface area contributed by atoms with Crippen LogP contribution >= 0.6 is 0 Å². The van der Waals surface area contributed by atoms with Crippen molar-refractivity contribution in [2.45, 2.75) is 58.4 Å². The van der Waals surface area contributed by atoms with Crippen molar-refractivity contribution in [2.75, 3.05) is 16.8 Å². The molecule has 202 valence electrons. The Balaban J connectivity index is 1.78. The Morgan fingerprint density at radius 3 is 2.38 bits per heavy atom. The van der Waals surface area contributed by atoms with Gasteiger partial charge in [-0.25, -0.2) is 9.18 Å². The Labute approximate surface area is 229 Å². The van der Waals surface area contributed by atoms with E-state index >= 15 is 4.39 Å². The summed E-state index contributed by atoms with van der Waals surface area (Å²) in [6, 6.07) is 18.4. The molecule has 3 aromatic carbocycles. The summed E-state index contributed by atoms with van der Waals surface area (Å²) in [5, 5.41) is 21.8. The smallest absolute Gasteiger partial charge is 0.336 e. The summed E-state index contributed by atoms with van der Waals surface area (Å²) < 4.78 is 15.8. The van der Waals surface area contributed by atoms with E-state index in [-0.39, 0.29) is 35.1 Å². The van der Waals surface area contributed by atoms with Gasteiger partial charge in [0.05, 0.1) is 35.0 Å². The number of hydrogen-bond donors (Lipinski definition) is 2. The van der Waals surface area contributed by atoms with Crippen molar-refractivity contribution < 1.29 is 19.1 Å². The molecule has 0 radical (unpaired) electrons. The molecule has 0 atom stereocenters. The minimum atomic E-state index is -1.15. The van der Waals surface area contributed by atoms with Gasteiger partial charge in [0.25, 0.3) is 0 Å². The predicted octanol–water partition coefficient (Wildman–Crippen LogP) is 7.04. The predicted molar refractivity (Wildman–Crippen MR) is 151 cm³/mol. The van der Waals surface area contributed by atoms with Crippen LogP contribution < -0.4 is 10.2 Å². The average molecular weight is 528 g/mol. The lowest BCUT2D eigenvalue weighted by molar-refractivity contribution is -0.115. The lowest BCUT2D eigenvalue weighted by Gasteiger charge is -2.38. The van der Waals surface area contributed by atoms with E-state index in [0.29, 0.717) is 29.4 Å². The van der Waals surface area contributed by atoms with Crippen molar-refractivity contribution in [3.05, 3.63) is 83.2 Å². The van der Waals surface area contributed by atoms with Gasteiger partial charge < -0.3 is 15.3 Å². The molecule has 0 saturated heterocycles. The minimum absolute atomic E-state index is 0.00896. The minimum Gasteiger partial charge on any atom is -0.478 e. The molecule has 1 amide bonds. The number of nitriles is 1. The van der Waals surface area contributed by atoms with Crippen LogP contribution in [0.25, 0.3) is 11.1 Å². The van der Waals surface area contributed by atoms with E-state index in [4.69, 9.17) is 5.26 Å². The Kier molecular flexibility index (Phi) is 8.98. The summed E-state index contributed by atoms with van der Waals surface area (Å²) >= 11 is 0. The van der Waals surface area contributed by atoms with Gasteiger partial charge in [-0.1, -0.05) is 63.4 Å². The molecule has 0 aromatic heterocycles. The van der Waals surface area contributed by atoms with E-state index in [2.05, 4.69) is 30.1 Å². The zero-order chi connectivity index (χ0) is 27.9. The number of aromatic carboxylic acids is 1. The second-order valence-corrected chi connectivity index (χ2v) is 10.6. The van der Waals surface area contributed by atoms with Crippen LogP contribution in [0.1, 0.15) is 67.4 Å². The molecular formula is C32H34FN3O3. The summed E-state index contributed by atoms with van der Waals surface area (Å²) in [7, 11) is 0. The molecule has 0 spiro atoms. The molecule has 0 aliphatic heterocycles. The van der Waals surface area contributed by atoms with Gasteiger partial charge in [-0.2, -0.15) is 5.26 Å². The normalized spacial score (nSPS) is 13.6. The van der Waals surface area contributed by atoms with Gasteiger partial charge in [0, 0.05) is 18.2 Å². The number of anilines is 2. The molecular weight excluding hydrogens is 493 g/mol.